The smallest absolute Gasteiger partial charge is 0.414 e. The second-order valence-corrected chi connectivity index (χ2v) is 9.16. The predicted molar refractivity (Wildman–Crippen MR) is 110 cm³/mol. The minimum absolute atomic E-state index is 0.141. The van der Waals surface area contributed by atoms with Crippen molar-refractivity contribution in [2.75, 3.05) is 39.3 Å². The van der Waals surface area contributed by atoms with Crippen molar-refractivity contribution in [1.29, 1.82) is 0 Å². The van der Waals surface area contributed by atoms with Gasteiger partial charge in [-0.1, -0.05) is 12.2 Å². The molecule has 3 saturated heterocycles. The van der Waals surface area contributed by atoms with E-state index >= 15 is 0 Å². The quantitative estimate of drug-likeness (QED) is 0.531. The normalized spacial score (nSPS) is 36.9. The first kappa shape index (κ1) is 19.0. The van der Waals surface area contributed by atoms with Crippen LogP contribution in [0.3, 0.4) is 0 Å². The van der Waals surface area contributed by atoms with E-state index in [4.69, 9.17) is 18.9 Å². The molecule has 1 aliphatic carbocycles. The van der Waals surface area contributed by atoms with Gasteiger partial charge in [-0.25, -0.2) is 4.79 Å². The molecule has 1 aromatic rings. The summed E-state index contributed by atoms with van der Waals surface area (Å²) >= 11 is 0. The molecule has 8 heteroatoms. The van der Waals surface area contributed by atoms with Crippen LogP contribution in [0.5, 0.6) is 11.5 Å². The van der Waals surface area contributed by atoms with Crippen LogP contribution in [-0.4, -0.2) is 62.5 Å². The molecule has 1 amide bonds. The van der Waals surface area contributed by atoms with Crippen LogP contribution in [0.4, 0.5) is 10.5 Å². The Morgan fingerprint density at radius 2 is 1.90 bits per heavy atom. The van der Waals surface area contributed by atoms with Gasteiger partial charge in [-0.05, 0) is 25.3 Å². The van der Waals surface area contributed by atoms with Gasteiger partial charge in [-0.2, -0.15) is 0 Å². The van der Waals surface area contributed by atoms with E-state index in [1.54, 1.807) is 19.1 Å². The molecule has 164 valence electrons. The van der Waals surface area contributed by atoms with Gasteiger partial charge in [-0.15, -0.1) is 0 Å². The van der Waals surface area contributed by atoms with Crippen LogP contribution in [0.1, 0.15) is 31.2 Å². The van der Waals surface area contributed by atoms with Crippen molar-refractivity contribution in [2.24, 2.45) is 5.92 Å². The molecule has 0 aromatic heterocycles. The molecule has 8 nitrogen and oxygen atoms in total. The monoisotopic (exact) mass is 426 g/mol. The Morgan fingerprint density at radius 1 is 1.13 bits per heavy atom. The van der Waals surface area contributed by atoms with Crippen molar-refractivity contribution in [1.82, 2.24) is 4.90 Å². The molecule has 1 aromatic carbocycles. The first-order valence-corrected chi connectivity index (χ1v) is 10.8. The van der Waals surface area contributed by atoms with Gasteiger partial charge >= 0.3 is 12.1 Å². The molecule has 4 atom stereocenters. The second-order valence-electron chi connectivity index (χ2n) is 9.16. The molecule has 5 heterocycles. The van der Waals surface area contributed by atoms with Gasteiger partial charge in [-0.3, -0.25) is 14.6 Å². The van der Waals surface area contributed by atoms with Crippen molar-refractivity contribution in [3.05, 3.63) is 29.8 Å². The Morgan fingerprint density at radius 3 is 2.65 bits per heavy atom. The number of esters is 1. The first-order valence-electron chi connectivity index (χ1n) is 10.8. The lowest BCUT2D eigenvalue weighted by Gasteiger charge is -2.56. The van der Waals surface area contributed by atoms with E-state index in [0.717, 1.165) is 25.1 Å². The maximum Gasteiger partial charge on any atom is 0.414 e. The zero-order chi connectivity index (χ0) is 21.6. The van der Waals surface area contributed by atoms with Crippen LogP contribution in [0, 0.1) is 5.92 Å². The molecular formula is C23H26N2O6. The Kier molecular flexibility index (Phi) is 3.64. The highest BCUT2D eigenvalue weighted by atomic mass is 16.6. The third kappa shape index (κ3) is 1.96. The van der Waals surface area contributed by atoms with Crippen LogP contribution in [0.25, 0.3) is 0 Å². The van der Waals surface area contributed by atoms with E-state index in [-0.39, 0.29) is 11.5 Å². The Bertz CT molecular complexity index is 1040. The second kappa shape index (κ2) is 5.94. The number of hydrogen-bond acceptors (Lipinski definition) is 7. The number of benzene rings is 1. The summed E-state index contributed by atoms with van der Waals surface area (Å²) < 4.78 is 22.7. The van der Waals surface area contributed by atoms with Crippen molar-refractivity contribution >= 4 is 17.7 Å². The molecule has 7 rings (SSSR count). The molecule has 2 spiro atoms. The van der Waals surface area contributed by atoms with Gasteiger partial charge in [0.15, 0.2) is 17.1 Å². The highest BCUT2D eigenvalue weighted by Gasteiger charge is 2.78. The number of amides is 1. The van der Waals surface area contributed by atoms with Crippen LogP contribution >= 0.6 is 0 Å². The number of ether oxygens (including phenoxy) is 4. The lowest BCUT2D eigenvalue weighted by molar-refractivity contribution is -0.152. The fraction of sp³-hybridized carbons (Fsp3) is 0.565. The maximum absolute atomic E-state index is 13.4. The fourth-order valence-corrected chi connectivity index (χ4v) is 7.11. The standard InChI is InChI=1S/C23H26N2O6/c1-28-17-11-14-16(12-18(17)29-2)25(20(27)30-3)22-7-6-21-5-4-9-24(21)10-8-23(14,22)31-19(26)15(22)13-21/h4-5,11-12,15H,6-10,13H2,1-3H3. The lowest BCUT2D eigenvalue weighted by Crippen LogP contribution is -2.68. The zero-order valence-electron chi connectivity index (χ0n) is 18.0. The van der Waals surface area contributed by atoms with E-state index in [1.165, 1.54) is 7.11 Å². The highest BCUT2D eigenvalue weighted by molar-refractivity contribution is 5.98. The molecule has 0 radical (unpaired) electrons. The molecule has 31 heavy (non-hydrogen) atoms. The summed E-state index contributed by atoms with van der Waals surface area (Å²) in [5.41, 5.74) is -0.418. The van der Waals surface area contributed by atoms with E-state index in [1.807, 2.05) is 12.1 Å². The Balaban J connectivity index is 1.64. The molecule has 4 unspecified atom stereocenters. The van der Waals surface area contributed by atoms with Crippen LogP contribution in [-0.2, 0) is 19.9 Å². The summed E-state index contributed by atoms with van der Waals surface area (Å²) in [5, 5.41) is 0. The molecule has 4 bridgehead atoms. The summed E-state index contributed by atoms with van der Waals surface area (Å²) in [6.45, 7) is 1.65. The first-order chi connectivity index (χ1) is 15.0. The third-order valence-electron chi connectivity index (χ3n) is 8.38. The maximum atomic E-state index is 13.4. The average Bonchev–Trinajstić information content (AvgIpc) is 3.34. The average molecular weight is 426 g/mol. The van der Waals surface area contributed by atoms with Gasteiger partial charge in [0.2, 0.25) is 0 Å². The molecule has 1 saturated carbocycles. The molecule has 4 fully saturated rings. The summed E-state index contributed by atoms with van der Waals surface area (Å²) in [6, 6.07) is 3.69. The minimum atomic E-state index is -0.938. The lowest BCUT2D eigenvalue weighted by atomic mass is 9.58. The number of fused-ring (bicyclic) bond motifs is 3. The number of carbonyl (C=O) groups is 2. The number of rotatable bonds is 2. The fourth-order valence-electron chi connectivity index (χ4n) is 7.11. The van der Waals surface area contributed by atoms with E-state index in [0.29, 0.717) is 36.4 Å². The van der Waals surface area contributed by atoms with Gasteiger partial charge in [0.25, 0.3) is 0 Å². The van der Waals surface area contributed by atoms with Crippen molar-refractivity contribution in [3.63, 3.8) is 0 Å². The highest BCUT2D eigenvalue weighted by Crippen LogP contribution is 2.69. The van der Waals surface area contributed by atoms with Crippen molar-refractivity contribution in [3.8, 4) is 11.5 Å². The van der Waals surface area contributed by atoms with Crippen LogP contribution in [0.2, 0.25) is 0 Å². The SMILES string of the molecule is COC(=O)N1c2cc(OC)c(OC)cc2C23CCN4CC=CC45CCC12C(C5)C(=O)O3. The summed E-state index contributed by atoms with van der Waals surface area (Å²) in [5.74, 6) is 0.410. The zero-order valence-corrected chi connectivity index (χ0v) is 18.0. The van der Waals surface area contributed by atoms with E-state index in [2.05, 4.69) is 17.1 Å². The Labute approximate surface area is 180 Å². The van der Waals surface area contributed by atoms with Gasteiger partial charge in [0.1, 0.15) is 5.54 Å². The van der Waals surface area contributed by atoms with Crippen LogP contribution < -0.4 is 14.4 Å². The summed E-state index contributed by atoms with van der Waals surface area (Å²) in [4.78, 5) is 30.8. The van der Waals surface area contributed by atoms with E-state index in [9.17, 15) is 9.59 Å². The molecular weight excluding hydrogens is 400 g/mol. The number of carbonyl (C=O) groups excluding carboxylic acids is 2. The van der Waals surface area contributed by atoms with Crippen LogP contribution in [0.15, 0.2) is 24.3 Å². The molecule has 6 aliphatic rings. The topological polar surface area (TPSA) is 77.5 Å². The summed E-state index contributed by atoms with van der Waals surface area (Å²) in [7, 11) is 4.53. The number of hydrogen-bond donors (Lipinski definition) is 0. The van der Waals surface area contributed by atoms with Crippen molar-refractivity contribution in [2.45, 2.75) is 42.4 Å². The minimum Gasteiger partial charge on any atom is -0.493 e. The largest absolute Gasteiger partial charge is 0.493 e. The number of anilines is 1. The van der Waals surface area contributed by atoms with Gasteiger partial charge < -0.3 is 18.9 Å². The number of methoxy groups -OCH3 is 3. The third-order valence-corrected chi connectivity index (χ3v) is 8.38. The Hall–Kier alpha value is -2.74. The number of nitrogens with zero attached hydrogens (tertiary/aromatic N) is 2. The predicted octanol–water partition coefficient (Wildman–Crippen LogP) is 2.60. The van der Waals surface area contributed by atoms with Gasteiger partial charge in [0, 0.05) is 36.7 Å². The molecule has 0 N–H and O–H groups in total. The van der Waals surface area contributed by atoms with Crippen molar-refractivity contribution < 1.29 is 28.5 Å². The van der Waals surface area contributed by atoms with E-state index < -0.39 is 23.2 Å². The molecule has 5 aliphatic heterocycles. The summed E-state index contributed by atoms with van der Waals surface area (Å²) in [6.07, 6.45) is 6.74. The van der Waals surface area contributed by atoms with Gasteiger partial charge in [0.05, 0.1) is 32.9 Å².